The van der Waals surface area contributed by atoms with E-state index in [1.165, 1.54) is 4.90 Å². The van der Waals surface area contributed by atoms with Gasteiger partial charge in [0.15, 0.2) is 0 Å². The molecule has 2 atom stereocenters. The van der Waals surface area contributed by atoms with Gasteiger partial charge in [-0.15, -0.1) is 0 Å². The number of carbonyl (C=O) groups excluding carboxylic acids is 2. The molecule has 1 aromatic rings. The van der Waals surface area contributed by atoms with Gasteiger partial charge < -0.3 is 0 Å². The summed E-state index contributed by atoms with van der Waals surface area (Å²) < 4.78 is 0. The summed E-state index contributed by atoms with van der Waals surface area (Å²) in [5.74, 6) is -0.230. The number of nitrogens with one attached hydrogen (secondary N) is 1. The first-order chi connectivity index (χ1) is 9.00. The zero-order chi connectivity index (χ0) is 14.0. The highest BCUT2D eigenvalue weighted by atomic mass is 16.2. The molecule has 0 aliphatic carbocycles. The van der Waals surface area contributed by atoms with E-state index in [4.69, 9.17) is 0 Å². The summed E-state index contributed by atoms with van der Waals surface area (Å²) in [7, 11) is 0. The SMILES string of the molecule is CC(NC1CC(=O)N(C(C)C)C1=O)c1cccnc1. The lowest BCUT2D eigenvalue weighted by atomic mass is 10.1. The van der Waals surface area contributed by atoms with Gasteiger partial charge in [-0.25, -0.2) is 0 Å². The maximum absolute atomic E-state index is 12.2. The van der Waals surface area contributed by atoms with Crippen molar-refractivity contribution in [1.82, 2.24) is 15.2 Å². The molecule has 1 aromatic heterocycles. The summed E-state index contributed by atoms with van der Waals surface area (Å²) in [4.78, 5) is 29.4. The average Bonchev–Trinajstić information content (AvgIpc) is 2.65. The minimum absolute atomic E-state index is 0.0115. The third-order valence-corrected chi connectivity index (χ3v) is 3.33. The first-order valence-electron chi connectivity index (χ1n) is 6.52. The van der Waals surface area contributed by atoms with Gasteiger partial charge in [-0.05, 0) is 32.4 Å². The summed E-state index contributed by atoms with van der Waals surface area (Å²) in [6.07, 6.45) is 3.71. The van der Waals surface area contributed by atoms with Gasteiger partial charge in [-0.3, -0.25) is 24.8 Å². The van der Waals surface area contributed by atoms with Crippen LogP contribution in [0.25, 0.3) is 0 Å². The molecule has 1 saturated heterocycles. The molecule has 5 nitrogen and oxygen atoms in total. The Hall–Kier alpha value is -1.75. The first-order valence-corrected chi connectivity index (χ1v) is 6.52. The number of hydrogen-bond donors (Lipinski definition) is 1. The Morgan fingerprint density at radius 1 is 1.37 bits per heavy atom. The van der Waals surface area contributed by atoms with Crippen LogP contribution >= 0.6 is 0 Å². The van der Waals surface area contributed by atoms with E-state index in [9.17, 15) is 9.59 Å². The van der Waals surface area contributed by atoms with Crippen molar-refractivity contribution in [2.24, 2.45) is 0 Å². The quantitative estimate of drug-likeness (QED) is 0.829. The molecule has 0 bridgehead atoms. The van der Waals surface area contributed by atoms with Crippen molar-refractivity contribution in [2.75, 3.05) is 0 Å². The highest BCUT2D eigenvalue weighted by molar-refractivity contribution is 6.05. The fourth-order valence-electron chi connectivity index (χ4n) is 2.35. The van der Waals surface area contributed by atoms with Crippen LogP contribution in [0.4, 0.5) is 0 Å². The second-order valence-corrected chi connectivity index (χ2v) is 5.13. The van der Waals surface area contributed by atoms with Crippen molar-refractivity contribution >= 4 is 11.8 Å². The Labute approximate surface area is 113 Å². The smallest absolute Gasteiger partial charge is 0.247 e. The van der Waals surface area contributed by atoms with Gasteiger partial charge in [-0.2, -0.15) is 0 Å². The molecule has 102 valence electrons. The fraction of sp³-hybridized carbons (Fsp3) is 0.500. The summed E-state index contributed by atoms with van der Waals surface area (Å²) in [6, 6.07) is 3.29. The molecule has 1 N–H and O–H groups in total. The van der Waals surface area contributed by atoms with Crippen molar-refractivity contribution in [3.63, 3.8) is 0 Å². The summed E-state index contributed by atoms with van der Waals surface area (Å²) in [6.45, 7) is 5.66. The zero-order valence-corrected chi connectivity index (χ0v) is 11.5. The number of aromatic nitrogens is 1. The average molecular weight is 261 g/mol. The number of rotatable bonds is 4. The highest BCUT2D eigenvalue weighted by Crippen LogP contribution is 2.19. The molecule has 0 radical (unpaired) electrons. The third kappa shape index (κ3) is 2.81. The van der Waals surface area contributed by atoms with Crippen LogP contribution in [-0.4, -0.2) is 33.8 Å². The Morgan fingerprint density at radius 2 is 2.11 bits per heavy atom. The van der Waals surface area contributed by atoms with Crippen molar-refractivity contribution in [2.45, 2.75) is 45.3 Å². The molecule has 0 spiro atoms. The Balaban J connectivity index is 2.05. The second-order valence-electron chi connectivity index (χ2n) is 5.13. The number of imide groups is 1. The standard InChI is InChI=1S/C14H19N3O2/c1-9(2)17-13(18)7-12(14(17)19)16-10(3)11-5-4-6-15-8-11/h4-6,8-10,12,16H,7H2,1-3H3. The molecule has 2 rings (SSSR count). The number of pyridine rings is 1. The van der Waals surface area contributed by atoms with Crippen molar-refractivity contribution in [3.05, 3.63) is 30.1 Å². The van der Waals surface area contributed by atoms with Crippen LogP contribution in [-0.2, 0) is 9.59 Å². The minimum Gasteiger partial charge on any atom is -0.299 e. The van der Waals surface area contributed by atoms with E-state index < -0.39 is 6.04 Å². The number of carbonyl (C=O) groups is 2. The lowest BCUT2D eigenvalue weighted by Crippen LogP contribution is -2.42. The highest BCUT2D eigenvalue weighted by Gasteiger charge is 2.40. The second kappa shape index (κ2) is 5.48. The van der Waals surface area contributed by atoms with E-state index in [1.54, 1.807) is 12.4 Å². The Bertz CT molecular complexity index is 473. The van der Waals surface area contributed by atoms with Crippen molar-refractivity contribution in [1.29, 1.82) is 0 Å². The van der Waals surface area contributed by atoms with Crippen LogP contribution in [0, 0.1) is 0 Å². The monoisotopic (exact) mass is 261 g/mol. The molecule has 1 fully saturated rings. The maximum atomic E-state index is 12.2. The zero-order valence-electron chi connectivity index (χ0n) is 11.5. The molecule has 1 aliphatic rings. The largest absolute Gasteiger partial charge is 0.299 e. The van der Waals surface area contributed by atoms with E-state index in [1.807, 2.05) is 32.9 Å². The van der Waals surface area contributed by atoms with Crippen LogP contribution in [0.3, 0.4) is 0 Å². The number of likely N-dealkylation sites (tertiary alicyclic amines) is 1. The maximum Gasteiger partial charge on any atom is 0.247 e. The molecule has 1 aliphatic heterocycles. The molecule has 0 saturated carbocycles. The number of nitrogens with zero attached hydrogens (tertiary/aromatic N) is 2. The van der Waals surface area contributed by atoms with Crippen LogP contribution in [0.1, 0.15) is 38.8 Å². The topological polar surface area (TPSA) is 62.3 Å². The third-order valence-electron chi connectivity index (χ3n) is 3.33. The van der Waals surface area contributed by atoms with Crippen LogP contribution < -0.4 is 5.32 Å². The predicted octanol–water partition coefficient (Wildman–Crippen LogP) is 1.27. The van der Waals surface area contributed by atoms with Crippen LogP contribution in [0.5, 0.6) is 0 Å². The summed E-state index contributed by atoms with van der Waals surface area (Å²) >= 11 is 0. The lowest BCUT2D eigenvalue weighted by Gasteiger charge is -2.21. The van der Waals surface area contributed by atoms with Gasteiger partial charge in [-0.1, -0.05) is 6.07 Å². The molecule has 2 unspecified atom stereocenters. The van der Waals surface area contributed by atoms with Crippen molar-refractivity contribution in [3.8, 4) is 0 Å². The molecule has 2 heterocycles. The summed E-state index contributed by atoms with van der Waals surface area (Å²) in [5, 5.41) is 3.21. The number of hydrogen-bond acceptors (Lipinski definition) is 4. The van der Waals surface area contributed by atoms with Crippen molar-refractivity contribution < 1.29 is 9.59 Å². The van der Waals surface area contributed by atoms with E-state index in [0.717, 1.165) is 5.56 Å². The predicted molar refractivity (Wildman–Crippen MR) is 71.2 cm³/mol. The van der Waals surface area contributed by atoms with E-state index in [0.29, 0.717) is 0 Å². The molecule has 19 heavy (non-hydrogen) atoms. The molecular weight excluding hydrogens is 242 g/mol. The first kappa shape index (κ1) is 13.7. The van der Waals surface area contributed by atoms with Gasteiger partial charge in [0.2, 0.25) is 11.8 Å². The fourth-order valence-corrected chi connectivity index (χ4v) is 2.35. The summed E-state index contributed by atoms with van der Waals surface area (Å²) in [5.41, 5.74) is 1.01. The Morgan fingerprint density at radius 3 is 2.63 bits per heavy atom. The van der Waals surface area contributed by atoms with E-state index in [-0.39, 0.29) is 30.3 Å². The van der Waals surface area contributed by atoms with Crippen LogP contribution in [0.15, 0.2) is 24.5 Å². The van der Waals surface area contributed by atoms with Gasteiger partial charge in [0, 0.05) is 24.5 Å². The Kier molecular flexibility index (Phi) is 3.95. The molecule has 0 aromatic carbocycles. The van der Waals surface area contributed by atoms with Gasteiger partial charge >= 0.3 is 0 Å². The molecular formula is C14H19N3O2. The van der Waals surface area contributed by atoms with Crippen LogP contribution in [0.2, 0.25) is 0 Å². The van der Waals surface area contributed by atoms with Gasteiger partial charge in [0.05, 0.1) is 12.5 Å². The molecule has 5 heteroatoms. The minimum atomic E-state index is -0.426. The lowest BCUT2D eigenvalue weighted by molar-refractivity contribution is -0.140. The number of amides is 2. The van der Waals surface area contributed by atoms with E-state index in [2.05, 4.69) is 10.3 Å². The van der Waals surface area contributed by atoms with Gasteiger partial charge in [0.1, 0.15) is 0 Å². The van der Waals surface area contributed by atoms with E-state index >= 15 is 0 Å². The molecule has 2 amide bonds. The normalized spacial score (nSPS) is 21.3. The van der Waals surface area contributed by atoms with Gasteiger partial charge in [0.25, 0.3) is 0 Å².